The number of nitrogen functional groups attached to an aromatic ring is 1. The van der Waals surface area contributed by atoms with Gasteiger partial charge < -0.3 is 11.1 Å². The fourth-order valence-corrected chi connectivity index (χ4v) is 4.16. The Morgan fingerprint density at radius 2 is 2.11 bits per heavy atom. The summed E-state index contributed by atoms with van der Waals surface area (Å²) in [5.41, 5.74) is 6.70. The fourth-order valence-electron chi connectivity index (χ4n) is 2.58. The zero-order valence-electron chi connectivity index (χ0n) is 10.4. The summed E-state index contributed by atoms with van der Waals surface area (Å²) in [7, 11) is 0. The summed E-state index contributed by atoms with van der Waals surface area (Å²) in [5.74, 6) is -0.0262. The molecule has 0 radical (unpaired) electrons. The Hall–Kier alpha value is -1.07. The molecule has 3 rings (SSSR count). The van der Waals surface area contributed by atoms with Crippen molar-refractivity contribution < 1.29 is 4.79 Å². The van der Waals surface area contributed by atoms with Crippen LogP contribution in [0.2, 0.25) is 0 Å². The number of fused-ring (bicyclic) bond motifs is 1. The second-order valence-electron chi connectivity index (χ2n) is 4.94. The van der Waals surface area contributed by atoms with Crippen LogP contribution in [0.15, 0.2) is 22.7 Å². The highest BCUT2D eigenvalue weighted by Gasteiger charge is 2.21. The van der Waals surface area contributed by atoms with E-state index >= 15 is 0 Å². The van der Waals surface area contributed by atoms with E-state index in [9.17, 15) is 4.79 Å². The van der Waals surface area contributed by atoms with Crippen LogP contribution in [0.4, 0.5) is 5.69 Å². The molecule has 3 nitrogen and oxygen atoms in total. The van der Waals surface area contributed by atoms with Crippen molar-refractivity contribution in [3.05, 3.63) is 27.5 Å². The molecule has 1 aromatic heterocycles. The van der Waals surface area contributed by atoms with E-state index in [1.807, 2.05) is 18.2 Å². The number of carbonyl (C=O) groups excluding carboxylic acids is 1. The summed E-state index contributed by atoms with van der Waals surface area (Å²) in [6.07, 6.45) is 4.59. The van der Waals surface area contributed by atoms with Gasteiger partial charge in [0.15, 0.2) is 0 Å². The van der Waals surface area contributed by atoms with E-state index in [1.165, 1.54) is 24.2 Å². The van der Waals surface area contributed by atoms with E-state index in [4.69, 9.17) is 5.73 Å². The molecule has 1 fully saturated rings. The minimum Gasteiger partial charge on any atom is -0.397 e. The summed E-state index contributed by atoms with van der Waals surface area (Å²) < 4.78 is 2.05. The lowest BCUT2D eigenvalue weighted by Gasteiger charge is -2.10. The van der Waals surface area contributed by atoms with Gasteiger partial charge in [0.05, 0.1) is 5.69 Å². The van der Waals surface area contributed by atoms with E-state index in [2.05, 4.69) is 21.2 Å². The molecular weight excluding hydrogens is 324 g/mol. The van der Waals surface area contributed by atoms with E-state index in [0.717, 1.165) is 27.4 Å². The highest BCUT2D eigenvalue weighted by Crippen LogP contribution is 2.35. The molecule has 3 N–H and O–H groups in total. The molecule has 1 aliphatic rings. The molecule has 1 heterocycles. The van der Waals surface area contributed by atoms with E-state index in [0.29, 0.717) is 16.6 Å². The number of hydrogen-bond acceptors (Lipinski definition) is 3. The second-order valence-corrected chi connectivity index (χ2v) is 6.91. The third kappa shape index (κ3) is 2.49. The Balaban J connectivity index is 1.91. The van der Waals surface area contributed by atoms with E-state index in [-0.39, 0.29) is 5.91 Å². The quantitative estimate of drug-likeness (QED) is 0.871. The number of rotatable bonds is 2. The summed E-state index contributed by atoms with van der Waals surface area (Å²) in [6, 6.07) is 6.23. The van der Waals surface area contributed by atoms with Gasteiger partial charge in [0.1, 0.15) is 4.88 Å². The van der Waals surface area contributed by atoms with Crippen LogP contribution in [0, 0.1) is 0 Å². The van der Waals surface area contributed by atoms with Gasteiger partial charge in [0, 0.05) is 20.6 Å². The smallest absolute Gasteiger partial charge is 0.263 e. The molecule has 19 heavy (non-hydrogen) atoms. The van der Waals surface area contributed by atoms with E-state index in [1.54, 1.807) is 0 Å². The predicted octanol–water partition coefficient (Wildman–Crippen LogP) is 3.92. The van der Waals surface area contributed by atoms with Crippen LogP contribution in [0.1, 0.15) is 35.4 Å². The number of anilines is 1. The topological polar surface area (TPSA) is 55.1 Å². The number of amides is 1. The third-order valence-corrected chi connectivity index (χ3v) is 5.25. The number of carbonyl (C=O) groups is 1. The maximum Gasteiger partial charge on any atom is 0.263 e. The van der Waals surface area contributed by atoms with Crippen LogP contribution in [-0.2, 0) is 0 Å². The standard InChI is InChI=1S/C14H15BrN2OS/c15-8-5-6-10-11(7-8)19-13(12(10)16)14(18)17-9-3-1-2-4-9/h5-7,9H,1-4,16H2,(H,17,18). The van der Waals surface area contributed by atoms with Crippen LogP contribution in [0.3, 0.4) is 0 Å². The Bertz CT molecular complexity index is 632. The molecule has 100 valence electrons. The minimum atomic E-state index is -0.0262. The fraction of sp³-hybridized carbons (Fsp3) is 0.357. The van der Waals surface area contributed by atoms with Crippen LogP contribution in [-0.4, -0.2) is 11.9 Å². The molecule has 0 atom stereocenters. The third-order valence-electron chi connectivity index (χ3n) is 3.59. The lowest BCUT2D eigenvalue weighted by atomic mass is 10.2. The van der Waals surface area contributed by atoms with Gasteiger partial charge in [-0.15, -0.1) is 11.3 Å². The molecule has 1 amide bonds. The Morgan fingerprint density at radius 1 is 1.37 bits per heavy atom. The summed E-state index contributed by atoms with van der Waals surface area (Å²) in [6.45, 7) is 0. The SMILES string of the molecule is Nc1c(C(=O)NC2CCCC2)sc2cc(Br)ccc12. The van der Waals surface area contributed by atoms with Gasteiger partial charge >= 0.3 is 0 Å². The van der Waals surface area contributed by atoms with Crippen LogP contribution in [0.25, 0.3) is 10.1 Å². The average Bonchev–Trinajstić information content (AvgIpc) is 2.97. The normalized spacial score (nSPS) is 16.1. The molecule has 0 spiro atoms. The molecule has 0 bridgehead atoms. The maximum absolute atomic E-state index is 12.3. The van der Waals surface area contributed by atoms with Gasteiger partial charge in [0.2, 0.25) is 0 Å². The van der Waals surface area contributed by atoms with Gasteiger partial charge in [0.25, 0.3) is 5.91 Å². The van der Waals surface area contributed by atoms with Crippen molar-refractivity contribution in [1.82, 2.24) is 5.32 Å². The number of halogens is 1. The van der Waals surface area contributed by atoms with Gasteiger partial charge in [-0.1, -0.05) is 34.8 Å². The lowest BCUT2D eigenvalue weighted by Crippen LogP contribution is -2.32. The summed E-state index contributed by atoms with van der Waals surface area (Å²) >= 11 is 4.90. The lowest BCUT2D eigenvalue weighted by molar-refractivity contribution is 0.0943. The zero-order chi connectivity index (χ0) is 13.4. The Kier molecular flexibility index (Phi) is 3.50. The molecule has 1 saturated carbocycles. The van der Waals surface area contributed by atoms with Crippen molar-refractivity contribution in [3.63, 3.8) is 0 Å². The van der Waals surface area contributed by atoms with Crippen LogP contribution >= 0.6 is 27.3 Å². The van der Waals surface area contributed by atoms with Gasteiger partial charge in [-0.05, 0) is 25.0 Å². The molecule has 0 aliphatic heterocycles. The van der Waals surface area contributed by atoms with Crippen LogP contribution in [0.5, 0.6) is 0 Å². The number of benzene rings is 1. The maximum atomic E-state index is 12.3. The largest absolute Gasteiger partial charge is 0.397 e. The van der Waals surface area contributed by atoms with Gasteiger partial charge in [-0.2, -0.15) is 0 Å². The highest BCUT2D eigenvalue weighted by molar-refractivity contribution is 9.10. The van der Waals surface area contributed by atoms with Crippen LogP contribution < -0.4 is 11.1 Å². The molecule has 0 unspecified atom stereocenters. The summed E-state index contributed by atoms with van der Waals surface area (Å²) in [4.78, 5) is 12.9. The number of nitrogens with two attached hydrogens (primary N) is 1. The first-order valence-electron chi connectivity index (χ1n) is 6.43. The molecule has 1 aliphatic carbocycles. The zero-order valence-corrected chi connectivity index (χ0v) is 12.8. The predicted molar refractivity (Wildman–Crippen MR) is 83.7 cm³/mol. The van der Waals surface area contributed by atoms with Crippen molar-refractivity contribution in [1.29, 1.82) is 0 Å². The first-order valence-corrected chi connectivity index (χ1v) is 8.04. The van der Waals surface area contributed by atoms with Gasteiger partial charge in [-0.25, -0.2) is 0 Å². The van der Waals surface area contributed by atoms with Crippen molar-refractivity contribution >= 4 is 48.9 Å². The number of hydrogen-bond donors (Lipinski definition) is 2. The second kappa shape index (κ2) is 5.13. The van der Waals surface area contributed by atoms with Crippen molar-refractivity contribution in [2.45, 2.75) is 31.7 Å². The average molecular weight is 339 g/mol. The first kappa shape index (κ1) is 12.9. The molecule has 1 aromatic carbocycles. The van der Waals surface area contributed by atoms with Crippen molar-refractivity contribution in [2.24, 2.45) is 0 Å². The van der Waals surface area contributed by atoms with Crippen molar-refractivity contribution in [3.8, 4) is 0 Å². The number of nitrogens with one attached hydrogen (secondary N) is 1. The summed E-state index contributed by atoms with van der Waals surface area (Å²) in [5, 5.41) is 4.05. The molecular formula is C14H15BrN2OS. The molecule has 0 saturated heterocycles. The van der Waals surface area contributed by atoms with E-state index < -0.39 is 0 Å². The Morgan fingerprint density at radius 3 is 2.84 bits per heavy atom. The minimum absolute atomic E-state index is 0.0262. The molecule has 2 aromatic rings. The van der Waals surface area contributed by atoms with Crippen molar-refractivity contribution in [2.75, 3.05) is 5.73 Å². The monoisotopic (exact) mass is 338 g/mol. The van der Waals surface area contributed by atoms with Gasteiger partial charge in [-0.3, -0.25) is 4.79 Å². The first-order chi connectivity index (χ1) is 9.15. The highest BCUT2D eigenvalue weighted by atomic mass is 79.9. The molecule has 5 heteroatoms. The number of thiophene rings is 1. The Labute approximate surface area is 124 Å².